The number of aromatic amines is 1. The summed E-state index contributed by atoms with van der Waals surface area (Å²) >= 11 is 3.20. The Hall–Kier alpha value is -1.67. The van der Waals surface area contributed by atoms with E-state index in [-0.39, 0.29) is 10.6 Å². The minimum absolute atomic E-state index is 0.161. The summed E-state index contributed by atoms with van der Waals surface area (Å²) in [5, 5.41) is 5.64. The van der Waals surface area contributed by atoms with Crippen LogP contribution in [0.1, 0.15) is 10.4 Å². The van der Waals surface area contributed by atoms with Gasteiger partial charge in [-0.05, 0) is 24.3 Å². The summed E-state index contributed by atoms with van der Waals surface area (Å²) in [4.78, 5) is 11.8. The first-order valence-electron chi connectivity index (χ1n) is 4.81. The van der Waals surface area contributed by atoms with Gasteiger partial charge in [0, 0.05) is 10.0 Å². The molecular weight excluding hydrogens is 322 g/mol. The number of carbonyl (C=O) groups excluding carboxylic acids is 1. The van der Waals surface area contributed by atoms with Crippen molar-refractivity contribution in [1.29, 1.82) is 0 Å². The van der Waals surface area contributed by atoms with E-state index in [2.05, 4.69) is 26.1 Å². The molecule has 2 N–H and O–H groups in total. The summed E-state index contributed by atoms with van der Waals surface area (Å²) in [7, 11) is -3.91. The smallest absolute Gasteiger partial charge is 0.268 e. The Morgan fingerprint density at radius 1 is 1.33 bits per heavy atom. The van der Waals surface area contributed by atoms with Gasteiger partial charge in [-0.1, -0.05) is 22.0 Å². The van der Waals surface area contributed by atoms with Crippen LogP contribution in [0.15, 0.2) is 46.0 Å². The second-order valence-corrected chi connectivity index (χ2v) is 5.93. The van der Waals surface area contributed by atoms with Crippen LogP contribution in [-0.4, -0.2) is 24.5 Å². The van der Waals surface area contributed by atoms with Crippen LogP contribution < -0.4 is 4.72 Å². The molecule has 1 heterocycles. The fourth-order valence-electron chi connectivity index (χ4n) is 1.26. The van der Waals surface area contributed by atoms with Crippen LogP contribution in [0.2, 0.25) is 0 Å². The number of nitrogens with zero attached hydrogens (tertiary/aromatic N) is 1. The molecule has 0 saturated carbocycles. The van der Waals surface area contributed by atoms with Gasteiger partial charge >= 0.3 is 0 Å². The zero-order chi connectivity index (χ0) is 13.2. The molecule has 94 valence electrons. The predicted molar refractivity (Wildman–Crippen MR) is 67.4 cm³/mol. The van der Waals surface area contributed by atoms with E-state index < -0.39 is 15.9 Å². The van der Waals surface area contributed by atoms with Gasteiger partial charge in [0.25, 0.3) is 15.9 Å². The minimum Gasteiger partial charge on any atom is -0.268 e. The zero-order valence-corrected chi connectivity index (χ0v) is 11.3. The van der Waals surface area contributed by atoms with E-state index in [0.29, 0.717) is 4.47 Å². The molecule has 0 aliphatic carbocycles. The lowest BCUT2D eigenvalue weighted by molar-refractivity contribution is 0.0981. The maximum absolute atomic E-state index is 11.8. The lowest BCUT2D eigenvalue weighted by Crippen LogP contribution is -2.30. The van der Waals surface area contributed by atoms with Crippen LogP contribution in [0, 0.1) is 0 Å². The van der Waals surface area contributed by atoms with Crippen molar-refractivity contribution in [2.75, 3.05) is 0 Å². The molecule has 0 radical (unpaired) electrons. The molecule has 0 unspecified atom stereocenters. The molecule has 1 amide bonds. The summed E-state index contributed by atoms with van der Waals surface area (Å²) in [5.74, 6) is -0.703. The van der Waals surface area contributed by atoms with Crippen molar-refractivity contribution >= 4 is 31.9 Å². The Kier molecular flexibility index (Phi) is 3.48. The van der Waals surface area contributed by atoms with Crippen LogP contribution >= 0.6 is 15.9 Å². The number of halogens is 1. The standard InChI is InChI=1S/C10H8BrN3O3S/c11-8-3-1-2-7(6-8)10(15)14-18(16,17)9-4-5-12-13-9/h1-6H,(H,12,13)(H,14,15). The monoisotopic (exact) mass is 329 g/mol. The average molecular weight is 330 g/mol. The highest BCUT2D eigenvalue weighted by molar-refractivity contribution is 9.10. The molecule has 0 atom stereocenters. The van der Waals surface area contributed by atoms with E-state index >= 15 is 0 Å². The minimum atomic E-state index is -3.91. The second-order valence-electron chi connectivity index (χ2n) is 3.37. The maximum Gasteiger partial charge on any atom is 0.281 e. The topological polar surface area (TPSA) is 91.9 Å². The third-order valence-electron chi connectivity index (χ3n) is 2.08. The average Bonchev–Trinajstić information content (AvgIpc) is 2.82. The molecular formula is C10H8BrN3O3S. The summed E-state index contributed by atoms with van der Waals surface area (Å²) in [6.07, 6.45) is 1.29. The lowest BCUT2D eigenvalue weighted by Gasteiger charge is -2.05. The maximum atomic E-state index is 11.8. The lowest BCUT2D eigenvalue weighted by atomic mass is 10.2. The van der Waals surface area contributed by atoms with Crippen LogP contribution in [-0.2, 0) is 10.0 Å². The summed E-state index contributed by atoms with van der Waals surface area (Å²) in [5.41, 5.74) is 0.243. The molecule has 0 bridgehead atoms. The second kappa shape index (κ2) is 4.91. The number of hydrogen-bond donors (Lipinski definition) is 2. The van der Waals surface area contributed by atoms with Gasteiger partial charge in [0.05, 0.1) is 6.20 Å². The van der Waals surface area contributed by atoms with Crippen molar-refractivity contribution in [3.63, 3.8) is 0 Å². The van der Waals surface area contributed by atoms with Crippen molar-refractivity contribution in [3.8, 4) is 0 Å². The number of nitrogens with one attached hydrogen (secondary N) is 2. The molecule has 1 aromatic carbocycles. The Morgan fingerprint density at radius 2 is 2.11 bits per heavy atom. The molecule has 6 nitrogen and oxygen atoms in total. The van der Waals surface area contributed by atoms with E-state index in [9.17, 15) is 13.2 Å². The zero-order valence-electron chi connectivity index (χ0n) is 8.92. The molecule has 2 rings (SSSR count). The first-order chi connectivity index (χ1) is 8.49. The van der Waals surface area contributed by atoms with E-state index in [4.69, 9.17) is 0 Å². The molecule has 8 heteroatoms. The molecule has 0 fully saturated rings. The van der Waals surface area contributed by atoms with Crippen molar-refractivity contribution < 1.29 is 13.2 Å². The van der Waals surface area contributed by atoms with Gasteiger partial charge in [-0.25, -0.2) is 4.72 Å². The van der Waals surface area contributed by atoms with E-state index in [1.54, 1.807) is 12.1 Å². The molecule has 2 aromatic rings. The Labute approximate surface area is 112 Å². The number of benzene rings is 1. The largest absolute Gasteiger partial charge is 0.281 e. The SMILES string of the molecule is O=C(NS(=O)(=O)c1ccn[nH]1)c1cccc(Br)c1. The molecule has 0 aliphatic rings. The first-order valence-corrected chi connectivity index (χ1v) is 7.09. The number of amides is 1. The number of aromatic nitrogens is 2. The normalized spacial score (nSPS) is 11.2. The third kappa shape index (κ3) is 2.77. The summed E-state index contributed by atoms with van der Waals surface area (Å²) < 4.78 is 26.1. The van der Waals surface area contributed by atoms with Gasteiger partial charge in [-0.3, -0.25) is 9.89 Å². The Bertz CT molecular complexity index is 667. The van der Waals surface area contributed by atoms with Crippen LogP contribution in [0.3, 0.4) is 0 Å². The summed E-state index contributed by atoms with van der Waals surface area (Å²) in [6.45, 7) is 0. The van der Waals surface area contributed by atoms with E-state index in [0.717, 1.165) is 0 Å². The molecule has 18 heavy (non-hydrogen) atoms. The predicted octanol–water partition coefficient (Wildman–Crippen LogP) is 1.29. The highest BCUT2D eigenvalue weighted by Crippen LogP contribution is 2.12. The van der Waals surface area contributed by atoms with Gasteiger partial charge in [-0.15, -0.1) is 0 Å². The molecule has 1 aromatic heterocycles. The van der Waals surface area contributed by atoms with Gasteiger partial charge in [0.15, 0.2) is 5.03 Å². The number of H-pyrrole nitrogens is 1. The fourth-order valence-corrected chi connectivity index (χ4v) is 2.54. The first kappa shape index (κ1) is 12.8. The van der Waals surface area contributed by atoms with Crippen molar-refractivity contribution in [1.82, 2.24) is 14.9 Å². The third-order valence-corrected chi connectivity index (χ3v) is 3.83. The van der Waals surface area contributed by atoms with Crippen LogP contribution in [0.5, 0.6) is 0 Å². The van der Waals surface area contributed by atoms with Crippen molar-refractivity contribution in [2.24, 2.45) is 0 Å². The Balaban J connectivity index is 2.23. The van der Waals surface area contributed by atoms with E-state index in [1.165, 1.54) is 24.4 Å². The van der Waals surface area contributed by atoms with Gasteiger partial charge in [0.1, 0.15) is 0 Å². The quantitative estimate of drug-likeness (QED) is 0.887. The number of rotatable bonds is 3. The highest BCUT2D eigenvalue weighted by Gasteiger charge is 2.19. The number of carbonyl (C=O) groups is 1. The fraction of sp³-hybridized carbons (Fsp3) is 0. The van der Waals surface area contributed by atoms with Gasteiger partial charge in [-0.2, -0.15) is 13.5 Å². The molecule has 0 saturated heterocycles. The molecule has 0 spiro atoms. The highest BCUT2D eigenvalue weighted by atomic mass is 79.9. The van der Waals surface area contributed by atoms with E-state index in [1.807, 2.05) is 4.72 Å². The molecule has 0 aliphatic heterocycles. The van der Waals surface area contributed by atoms with Crippen molar-refractivity contribution in [3.05, 3.63) is 46.6 Å². The number of hydrogen-bond acceptors (Lipinski definition) is 4. The van der Waals surface area contributed by atoms with Gasteiger partial charge in [0.2, 0.25) is 0 Å². The van der Waals surface area contributed by atoms with Crippen LogP contribution in [0.25, 0.3) is 0 Å². The summed E-state index contributed by atoms with van der Waals surface area (Å²) in [6, 6.07) is 7.68. The Morgan fingerprint density at radius 3 is 2.72 bits per heavy atom. The van der Waals surface area contributed by atoms with Gasteiger partial charge < -0.3 is 0 Å². The van der Waals surface area contributed by atoms with Crippen LogP contribution in [0.4, 0.5) is 0 Å². The number of sulfonamides is 1. The van der Waals surface area contributed by atoms with Crippen molar-refractivity contribution in [2.45, 2.75) is 5.03 Å².